The summed E-state index contributed by atoms with van der Waals surface area (Å²) in [6, 6.07) is 8.24. The first-order valence-electron chi connectivity index (χ1n) is 9.06. The molecule has 1 heterocycles. The van der Waals surface area contributed by atoms with Crippen LogP contribution >= 0.6 is 0 Å². The predicted molar refractivity (Wildman–Crippen MR) is 100 cm³/mol. The molecule has 0 saturated heterocycles. The van der Waals surface area contributed by atoms with Gasteiger partial charge in [-0.2, -0.15) is 0 Å². The first kappa shape index (κ1) is 15.4. The summed E-state index contributed by atoms with van der Waals surface area (Å²) in [6.45, 7) is 2.38. The molecule has 124 valence electrons. The van der Waals surface area contributed by atoms with Crippen LogP contribution in [0, 0.1) is 11.8 Å². The van der Waals surface area contributed by atoms with Gasteiger partial charge in [-0.25, -0.2) is 9.97 Å². The van der Waals surface area contributed by atoms with Crippen molar-refractivity contribution in [1.82, 2.24) is 9.97 Å². The van der Waals surface area contributed by atoms with Gasteiger partial charge in [-0.05, 0) is 43.2 Å². The molecule has 0 aliphatic heterocycles. The molecule has 0 N–H and O–H groups in total. The SMILES string of the molecule is CC1CCC(CC2=C=C2c2nc(N(C)C)c3ccccc3n2)CC1. The highest BCUT2D eigenvalue weighted by molar-refractivity contribution is 5.93. The van der Waals surface area contributed by atoms with Gasteiger partial charge in [0.05, 0.1) is 11.1 Å². The number of nitrogens with zero attached hydrogens (tertiary/aromatic N) is 3. The molecular weight excluding hydrogens is 294 g/mol. The molecule has 0 radical (unpaired) electrons. The van der Waals surface area contributed by atoms with Crippen molar-refractivity contribution in [1.29, 1.82) is 0 Å². The van der Waals surface area contributed by atoms with Gasteiger partial charge < -0.3 is 4.90 Å². The number of aromatic nitrogens is 2. The Morgan fingerprint density at radius 1 is 1.08 bits per heavy atom. The largest absolute Gasteiger partial charge is 0.362 e. The normalized spacial score (nSPS) is 23.0. The highest BCUT2D eigenvalue weighted by Gasteiger charge is 2.27. The van der Waals surface area contributed by atoms with E-state index in [9.17, 15) is 0 Å². The Morgan fingerprint density at radius 2 is 1.83 bits per heavy atom. The molecule has 0 unspecified atom stereocenters. The Hall–Kier alpha value is -2.12. The molecule has 1 fully saturated rings. The lowest BCUT2D eigenvalue weighted by molar-refractivity contribution is 0.291. The third-order valence-corrected chi connectivity index (χ3v) is 5.37. The van der Waals surface area contributed by atoms with E-state index in [0.29, 0.717) is 0 Å². The molecule has 1 aromatic heterocycles. The molecule has 0 amide bonds. The average Bonchev–Trinajstić information content (AvgIpc) is 3.35. The molecular formula is C21H25N3. The van der Waals surface area contributed by atoms with Gasteiger partial charge in [0.25, 0.3) is 0 Å². The van der Waals surface area contributed by atoms with Crippen molar-refractivity contribution in [2.75, 3.05) is 19.0 Å². The Balaban J connectivity index is 1.53. The highest BCUT2D eigenvalue weighted by Crippen LogP contribution is 2.40. The van der Waals surface area contributed by atoms with E-state index in [1.807, 2.05) is 26.2 Å². The molecule has 2 aliphatic rings. The lowest BCUT2D eigenvalue weighted by atomic mass is 9.80. The molecule has 3 nitrogen and oxygen atoms in total. The van der Waals surface area contributed by atoms with Crippen molar-refractivity contribution in [2.24, 2.45) is 11.8 Å². The van der Waals surface area contributed by atoms with Gasteiger partial charge in [0.15, 0.2) is 5.82 Å². The fraction of sp³-hybridized carbons (Fsp3) is 0.476. The first-order valence-corrected chi connectivity index (χ1v) is 9.06. The van der Waals surface area contributed by atoms with Crippen LogP contribution in [-0.2, 0) is 0 Å². The van der Waals surface area contributed by atoms with Crippen molar-refractivity contribution in [3.8, 4) is 0 Å². The molecule has 2 aromatic rings. The van der Waals surface area contributed by atoms with Crippen LogP contribution in [0.15, 0.2) is 35.6 Å². The summed E-state index contributed by atoms with van der Waals surface area (Å²) in [6.07, 6.45) is 6.65. The molecule has 3 heteroatoms. The quantitative estimate of drug-likeness (QED) is 0.756. The van der Waals surface area contributed by atoms with Crippen LogP contribution in [0.2, 0.25) is 0 Å². The highest BCUT2D eigenvalue weighted by atomic mass is 15.2. The minimum absolute atomic E-state index is 0.829. The van der Waals surface area contributed by atoms with Crippen LogP contribution in [0.3, 0.4) is 0 Å². The van der Waals surface area contributed by atoms with E-state index in [1.54, 1.807) is 0 Å². The van der Waals surface area contributed by atoms with Crippen LogP contribution in [-0.4, -0.2) is 24.1 Å². The van der Waals surface area contributed by atoms with Gasteiger partial charge in [0.2, 0.25) is 0 Å². The van der Waals surface area contributed by atoms with Crippen molar-refractivity contribution in [3.05, 3.63) is 41.4 Å². The fourth-order valence-corrected chi connectivity index (χ4v) is 3.80. The van der Waals surface area contributed by atoms with Crippen LogP contribution in [0.5, 0.6) is 0 Å². The van der Waals surface area contributed by atoms with Crippen LogP contribution < -0.4 is 4.90 Å². The second kappa shape index (κ2) is 6.07. The van der Waals surface area contributed by atoms with Gasteiger partial charge in [-0.15, -0.1) is 5.73 Å². The molecule has 1 aromatic carbocycles. The Labute approximate surface area is 144 Å². The second-order valence-electron chi connectivity index (χ2n) is 7.59. The van der Waals surface area contributed by atoms with Crippen molar-refractivity contribution < 1.29 is 0 Å². The summed E-state index contributed by atoms with van der Waals surface area (Å²) in [5.41, 5.74) is 6.99. The number of rotatable bonds is 4. The van der Waals surface area contributed by atoms with Crippen molar-refractivity contribution >= 4 is 22.3 Å². The van der Waals surface area contributed by atoms with Gasteiger partial charge >= 0.3 is 0 Å². The summed E-state index contributed by atoms with van der Waals surface area (Å²) in [7, 11) is 4.08. The smallest absolute Gasteiger partial charge is 0.170 e. The topological polar surface area (TPSA) is 29.0 Å². The zero-order chi connectivity index (χ0) is 16.7. The molecule has 24 heavy (non-hydrogen) atoms. The summed E-state index contributed by atoms with van der Waals surface area (Å²) < 4.78 is 0. The number of anilines is 1. The summed E-state index contributed by atoms with van der Waals surface area (Å²) in [4.78, 5) is 11.7. The van der Waals surface area contributed by atoms with E-state index in [1.165, 1.54) is 31.3 Å². The Bertz CT molecular complexity index is 835. The van der Waals surface area contributed by atoms with Crippen LogP contribution in [0.4, 0.5) is 5.82 Å². The molecule has 0 atom stereocenters. The van der Waals surface area contributed by atoms with Crippen molar-refractivity contribution in [3.63, 3.8) is 0 Å². The number of para-hydroxylation sites is 1. The number of fused-ring (bicyclic) bond motifs is 1. The van der Waals surface area contributed by atoms with Gasteiger partial charge in [0, 0.05) is 25.1 Å². The van der Waals surface area contributed by atoms with E-state index in [-0.39, 0.29) is 0 Å². The molecule has 2 aliphatic carbocycles. The van der Waals surface area contributed by atoms with E-state index in [4.69, 9.17) is 9.97 Å². The first-order chi connectivity index (χ1) is 11.6. The zero-order valence-corrected chi connectivity index (χ0v) is 14.8. The minimum Gasteiger partial charge on any atom is -0.362 e. The average molecular weight is 319 g/mol. The number of benzene rings is 1. The molecule has 0 bridgehead atoms. The van der Waals surface area contributed by atoms with E-state index < -0.39 is 0 Å². The number of hydrogen-bond donors (Lipinski definition) is 0. The zero-order valence-electron chi connectivity index (χ0n) is 14.8. The fourth-order valence-electron chi connectivity index (χ4n) is 3.80. The van der Waals surface area contributed by atoms with Gasteiger partial charge in [0.1, 0.15) is 5.82 Å². The summed E-state index contributed by atoms with van der Waals surface area (Å²) >= 11 is 0. The Kier molecular flexibility index (Phi) is 3.90. The monoisotopic (exact) mass is 319 g/mol. The predicted octanol–water partition coefficient (Wildman–Crippen LogP) is 4.83. The van der Waals surface area contributed by atoms with E-state index >= 15 is 0 Å². The maximum atomic E-state index is 4.81. The minimum atomic E-state index is 0.829. The summed E-state index contributed by atoms with van der Waals surface area (Å²) in [5.74, 6) is 3.57. The number of hydrogen-bond acceptors (Lipinski definition) is 3. The van der Waals surface area contributed by atoms with E-state index in [2.05, 4.69) is 29.7 Å². The molecule has 0 spiro atoms. The van der Waals surface area contributed by atoms with Crippen LogP contribution in [0.25, 0.3) is 16.5 Å². The van der Waals surface area contributed by atoms with Crippen molar-refractivity contribution in [2.45, 2.75) is 39.0 Å². The lowest BCUT2D eigenvalue weighted by Crippen LogP contribution is -2.13. The molecule has 1 saturated carbocycles. The Morgan fingerprint density at radius 3 is 2.58 bits per heavy atom. The molecule has 4 rings (SSSR count). The third kappa shape index (κ3) is 2.97. The maximum Gasteiger partial charge on any atom is 0.170 e. The van der Waals surface area contributed by atoms with Gasteiger partial charge in [-0.1, -0.05) is 31.9 Å². The summed E-state index contributed by atoms with van der Waals surface area (Å²) in [5, 5.41) is 1.11. The van der Waals surface area contributed by atoms with Crippen LogP contribution in [0.1, 0.15) is 44.9 Å². The number of allylic oxidation sites excluding steroid dienone is 1. The standard InChI is InChI=1S/C21H25N3/c1-14-8-10-15(11-9-14)12-16-13-18(16)20-22-19-7-5-4-6-17(19)21(23-20)24(2)3/h4-7,14-15H,8-12H2,1-3H3. The van der Waals surface area contributed by atoms with E-state index in [0.717, 1.165) is 46.4 Å². The third-order valence-electron chi connectivity index (χ3n) is 5.37. The maximum absolute atomic E-state index is 4.81. The second-order valence-corrected chi connectivity index (χ2v) is 7.59. The lowest BCUT2D eigenvalue weighted by Gasteiger charge is -2.25. The van der Waals surface area contributed by atoms with Gasteiger partial charge in [-0.3, -0.25) is 0 Å².